The van der Waals surface area contributed by atoms with Gasteiger partial charge < -0.3 is 9.64 Å². The number of esters is 1. The highest BCUT2D eigenvalue weighted by atomic mass is 16.5. The lowest BCUT2D eigenvalue weighted by molar-refractivity contribution is -0.141. The Bertz CT molecular complexity index is 649. The topological polar surface area (TPSA) is 47.4 Å². The van der Waals surface area contributed by atoms with Gasteiger partial charge in [-0.25, -0.2) is 0 Å². The number of benzene rings is 1. The molecule has 0 amide bonds. The fourth-order valence-corrected chi connectivity index (χ4v) is 2.77. The molecule has 21 heavy (non-hydrogen) atoms. The minimum Gasteiger partial charge on any atom is -0.468 e. The van der Waals surface area contributed by atoms with Gasteiger partial charge in [0, 0.05) is 36.3 Å². The maximum Gasteiger partial charge on any atom is 0.327 e. The number of carbonyl (C=O) groups excluding carboxylic acids is 1. The van der Waals surface area contributed by atoms with Gasteiger partial charge >= 0.3 is 5.97 Å². The Hall–Kier alpha value is -2.14. The number of aromatic nitrogens is 2. The van der Waals surface area contributed by atoms with Crippen LogP contribution in [0.25, 0.3) is 11.3 Å². The third-order valence-corrected chi connectivity index (χ3v) is 3.88. The largest absolute Gasteiger partial charge is 0.468 e. The number of likely N-dealkylation sites (N-methyl/N-ethyl adjacent to an activating group) is 1. The lowest BCUT2D eigenvalue weighted by Crippen LogP contribution is -2.28. The zero-order valence-electron chi connectivity index (χ0n) is 12.4. The molecule has 0 saturated carbocycles. The molecule has 5 nitrogen and oxygen atoms in total. The van der Waals surface area contributed by atoms with Crippen LogP contribution in [0, 0.1) is 0 Å². The molecule has 0 saturated heterocycles. The van der Waals surface area contributed by atoms with Crippen molar-refractivity contribution in [3.8, 4) is 11.3 Å². The van der Waals surface area contributed by atoms with Crippen LogP contribution in [0.4, 0.5) is 0 Å². The van der Waals surface area contributed by atoms with E-state index in [1.54, 1.807) is 4.68 Å². The Kier molecular flexibility index (Phi) is 3.75. The van der Waals surface area contributed by atoms with Crippen LogP contribution in [-0.2, 0) is 29.0 Å². The number of rotatable bonds is 3. The number of fused-ring (bicyclic) bond motifs is 1. The second-order valence-corrected chi connectivity index (χ2v) is 5.36. The van der Waals surface area contributed by atoms with Crippen molar-refractivity contribution in [2.24, 2.45) is 0 Å². The Morgan fingerprint density at radius 1 is 1.33 bits per heavy atom. The predicted octanol–water partition coefficient (Wildman–Crippen LogP) is 1.71. The summed E-state index contributed by atoms with van der Waals surface area (Å²) in [6, 6.07) is 10.1. The van der Waals surface area contributed by atoms with E-state index in [0.29, 0.717) is 0 Å². The minimum atomic E-state index is -0.265. The van der Waals surface area contributed by atoms with E-state index in [-0.39, 0.29) is 12.5 Å². The molecular formula is C16H19N3O2. The van der Waals surface area contributed by atoms with Gasteiger partial charge in [-0.3, -0.25) is 9.48 Å². The molecule has 0 aliphatic carbocycles. The Balaban J connectivity index is 2.06. The first-order valence-corrected chi connectivity index (χ1v) is 7.08. The van der Waals surface area contributed by atoms with E-state index in [9.17, 15) is 4.79 Å². The molecule has 0 N–H and O–H groups in total. The van der Waals surface area contributed by atoms with E-state index >= 15 is 0 Å². The summed E-state index contributed by atoms with van der Waals surface area (Å²) in [7, 11) is 3.51. The zero-order chi connectivity index (χ0) is 14.8. The van der Waals surface area contributed by atoms with Gasteiger partial charge in [0.2, 0.25) is 0 Å². The number of hydrogen-bond acceptors (Lipinski definition) is 4. The molecule has 1 aliphatic rings. The monoisotopic (exact) mass is 285 g/mol. The van der Waals surface area contributed by atoms with Gasteiger partial charge in [-0.15, -0.1) is 0 Å². The molecule has 0 radical (unpaired) electrons. The maximum absolute atomic E-state index is 11.6. The first kappa shape index (κ1) is 13.8. The maximum atomic E-state index is 11.6. The van der Waals surface area contributed by atoms with Gasteiger partial charge in [-0.1, -0.05) is 30.3 Å². The van der Waals surface area contributed by atoms with Crippen LogP contribution < -0.4 is 0 Å². The van der Waals surface area contributed by atoms with Crippen LogP contribution in [0.1, 0.15) is 11.3 Å². The van der Waals surface area contributed by atoms with E-state index in [1.165, 1.54) is 12.7 Å². The van der Waals surface area contributed by atoms with Crippen molar-refractivity contribution in [2.75, 3.05) is 20.7 Å². The van der Waals surface area contributed by atoms with E-state index < -0.39 is 0 Å². The molecule has 0 fully saturated rings. The third kappa shape index (κ3) is 2.69. The highest BCUT2D eigenvalue weighted by molar-refractivity contribution is 5.70. The number of ether oxygens (including phenoxy) is 1. The summed E-state index contributed by atoms with van der Waals surface area (Å²) in [5, 5.41) is 4.67. The molecular weight excluding hydrogens is 266 g/mol. The average Bonchev–Trinajstić information content (AvgIpc) is 2.86. The molecule has 5 heteroatoms. The zero-order valence-corrected chi connectivity index (χ0v) is 12.4. The van der Waals surface area contributed by atoms with Crippen molar-refractivity contribution in [3.05, 3.63) is 41.6 Å². The van der Waals surface area contributed by atoms with Crippen LogP contribution in [0.2, 0.25) is 0 Å². The average molecular weight is 285 g/mol. The molecule has 0 spiro atoms. The van der Waals surface area contributed by atoms with Crippen LogP contribution in [0.15, 0.2) is 30.3 Å². The molecule has 0 bridgehead atoms. The predicted molar refractivity (Wildman–Crippen MR) is 79.7 cm³/mol. The molecule has 110 valence electrons. The summed E-state index contributed by atoms with van der Waals surface area (Å²) in [5.41, 5.74) is 4.44. The van der Waals surface area contributed by atoms with Crippen molar-refractivity contribution in [1.82, 2.24) is 14.7 Å². The highest BCUT2D eigenvalue weighted by Gasteiger charge is 2.24. The molecule has 2 aromatic rings. The first-order valence-electron chi connectivity index (χ1n) is 7.08. The van der Waals surface area contributed by atoms with Crippen LogP contribution in [-0.4, -0.2) is 41.4 Å². The van der Waals surface area contributed by atoms with Gasteiger partial charge in [0.15, 0.2) is 0 Å². The first-order chi connectivity index (χ1) is 10.2. The second-order valence-electron chi connectivity index (χ2n) is 5.36. The van der Waals surface area contributed by atoms with Gasteiger partial charge in [0.1, 0.15) is 6.54 Å². The molecule has 3 rings (SSSR count). The quantitative estimate of drug-likeness (QED) is 0.806. The van der Waals surface area contributed by atoms with E-state index in [4.69, 9.17) is 4.74 Å². The lowest BCUT2D eigenvalue weighted by Gasteiger charge is -2.23. The Labute approximate surface area is 124 Å². The molecule has 1 aromatic heterocycles. The third-order valence-electron chi connectivity index (χ3n) is 3.88. The number of nitrogens with zero attached hydrogens (tertiary/aromatic N) is 3. The van der Waals surface area contributed by atoms with Crippen LogP contribution >= 0.6 is 0 Å². The van der Waals surface area contributed by atoms with E-state index in [1.807, 2.05) is 18.2 Å². The molecule has 0 unspecified atom stereocenters. The minimum absolute atomic E-state index is 0.176. The fourth-order valence-electron chi connectivity index (χ4n) is 2.77. The Morgan fingerprint density at radius 2 is 2.10 bits per heavy atom. The van der Waals surface area contributed by atoms with Crippen molar-refractivity contribution >= 4 is 5.97 Å². The summed E-state index contributed by atoms with van der Waals surface area (Å²) in [4.78, 5) is 13.9. The highest BCUT2D eigenvalue weighted by Crippen LogP contribution is 2.29. The molecule has 1 aromatic carbocycles. The van der Waals surface area contributed by atoms with Crippen LogP contribution in [0.3, 0.4) is 0 Å². The molecule has 1 aliphatic heterocycles. The molecule has 0 atom stereocenters. The Morgan fingerprint density at radius 3 is 2.81 bits per heavy atom. The number of methoxy groups -OCH3 is 1. The number of carbonyl (C=O) groups is 1. The van der Waals surface area contributed by atoms with E-state index in [0.717, 1.165) is 36.5 Å². The summed E-state index contributed by atoms with van der Waals surface area (Å²) in [6.07, 6.45) is 0.905. The molecule has 2 heterocycles. The van der Waals surface area contributed by atoms with Crippen LogP contribution in [0.5, 0.6) is 0 Å². The summed E-state index contributed by atoms with van der Waals surface area (Å²) >= 11 is 0. The van der Waals surface area contributed by atoms with Crippen molar-refractivity contribution < 1.29 is 9.53 Å². The SMILES string of the molecule is COC(=O)Cn1nc(-c2ccccc2)c2c1CCN(C)C2. The van der Waals surface area contributed by atoms with Gasteiger partial charge in [-0.2, -0.15) is 5.10 Å². The van der Waals surface area contributed by atoms with Gasteiger partial charge in [-0.05, 0) is 7.05 Å². The fraction of sp³-hybridized carbons (Fsp3) is 0.375. The summed E-state index contributed by atoms with van der Waals surface area (Å²) < 4.78 is 6.57. The second kappa shape index (κ2) is 5.69. The smallest absolute Gasteiger partial charge is 0.327 e. The summed E-state index contributed by atoms with van der Waals surface area (Å²) in [6.45, 7) is 2.02. The standard InChI is InChI=1S/C16H19N3O2/c1-18-9-8-14-13(10-18)16(12-6-4-3-5-7-12)17-19(14)11-15(20)21-2/h3-7H,8-11H2,1-2H3. The van der Waals surface area contributed by atoms with Crippen molar-refractivity contribution in [1.29, 1.82) is 0 Å². The van der Waals surface area contributed by atoms with Crippen molar-refractivity contribution in [2.45, 2.75) is 19.5 Å². The lowest BCUT2D eigenvalue weighted by atomic mass is 10.0. The summed E-state index contributed by atoms with van der Waals surface area (Å²) in [5.74, 6) is -0.265. The van der Waals surface area contributed by atoms with Crippen molar-refractivity contribution in [3.63, 3.8) is 0 Å². The number of hydrogen-bond donors (Lipinski definition) is 0. The van der Waals surface area contributed by atoms with E-state index in [2.05, 4.69) is 29.2 Å². The van der Waals surface area contributed by atoms with Gasteiger partial charge in [0.25, 0.3) is 0 Å². The normalized spacial score (nSPS) is 14.8. The van der Waals surface area contributed by atoms with Gasteiger partial charge in [0.05, 0.1) is 12.8 Å².